The maximum Gasteiger partial charge on any atom is 0.126 e. The van der Waals surface area contributed by atoms with Crippen molar-refractivity contribution >= 4 is 0 Å². The molecule has 0 unspecified atom stereocenters. The van der Waals surface area contributed by atoms with Crippen LogP contribution in [0.4, 0.5) is 0 Å². The maximum absolute atomic E-state index is 8.70. The lowest BCUT2D eigenvalue weighted by atomic mass is 10.3. The summed E-state index contributed by atoms with van der Waals surface area (Å²) in [6.07, 6.45) is 0. The minimum Gasteiger partial charge on any atom is -0.491 e. The van der Waals surface area contributed by atoms with Crippen molar-refractivity contribution in [2.45, 2.75) is 0 Å². The van der Waals surface area contributed by atoms with E-state index >= 15 is 0 Å². The Morgan fingerprint density at radius 2 is 0.889 bits per heavy atom. The van der Waals surface area contributed by atoms with E-state index in [-0.39, 0.29) is 39.6 Å². The molecule has 0 fully saturated rings. The van der Waals surface area contributed by atoms with Crippen LogP contribution in [0.1, 0.15) is 0 Å². The molecule has 1 aromatic rings. The number of benzene rings is 1. The molecular formula is C12H18O6. The Labute approximate surface area is 105 Å². The molecule has 0 aliphatic rings. The summed E-state index contributed by atoms with van der Waals surface area (Å²) < 4.78 is 15.8. The van der Waals surface area contributed by atoms with Gasteiger partial charge < -0.3 is 29.5 Å². The van der Waals surface area contributed by atoms with Gasteiger partial charge in [0.25, 0.3) is 0 Å². The van der Waals surface area contributed by atoms with Gasteiger partial charge >= 0.3 is 0 Å². The molecule has 0 amide bonds. The number of aliphatic hydroxyl groups excluding tert-OH is 3. The maximum atomic E-state index is 8.70. The molecule has 3 N–H and O–H groups in total. The van der Waals surface area contributed by atoms with Crippen molar-refractivity contribution in [2.75, 3.05) is 39.6 Å². The molecule has 1 rings (SSSR count). The zero-order chi connectivity index (χ0) is 13.2. The van der Waals surface area contributed by atoms with Gasteiger partial charge in [0.2, 0.25) is 0 Å². The van der Waals surface area contributed by atoms with Crippen LogP contribution in [0, 0.1) is 0 Å². The van der Waals surface area contributed by atoms with Gasteiger partial charge in [-0.15, -0.1) is 0 Å². The molecule has 0 aromatic heterocycles. The van der Waals surface area contributed by atoms with E-state index in [0.29, 0.717) is 17.2 Å². The van der Waals surface area contributed by atoms with Gasteiger partial charge in [0, 0.05) is 18.2 Å². The second-order valence-electron chi connectivity index (χ2n) is 3.36. The normalized spacial score (nSPS) is 10.2. The molecule has 102 valence electrons. The lowest BCUT2D eigenvalue weighted by Gasteiger charge is -2.12. The summed E-state index contributed by atoms with van der Waals surface area (Å²) >= 11 is 0. The quantitative estimate of drug-likeness (QED) is 0.568. The molecule has 1 aromatic carbocycles. The Bertz CT molecular complexity index is 277. The van der Waals surface area contributed by atoms with Gasteiger partial charge in [0.05, 0.1) is 19.8 Å². The first-order valence-electron chi connectivity index (χ1n) is 5.66. The third-order valence-electron chi connectivity index (χ3n) is 1.93. The first-order chi connectivity index (χ1) is 8.80. The molecule has 0 heterocycles. The number of hydrogen-bond acceptors (Lipinski definition) is 6. The summed E-state index contributed by atoms with van der Waals surface area (Å²) in [6, 6.07) is 4.91. The van der Waals surface area contributed by atoms with Crippen molar-refractivity contribution in [1.29, 1.82) is 0 Å². The summed E-state index contributed by atoms with van der Waals surface area (Å²) in [5.41, 5.74) is 0. The zero-order valence-corrected chi connectivity index (χ0v) is 10.0. The molecule has 0 saturated carbocycles. The molecular weight excluding hydrogens is 240 g/mol. The predicted octanol–water partition coefficient (Wildman–Crippen LogP) is -0.200. The van der Waals surface area contributed by atoms with Crippen molar-refractivity contribution < 1.29 is 29.5 Å². The van der Waals surface area contributed by atoms with Crippen LogP contribution >= 0.6 is 0 Å². The van der Waals surface area contributed by atoms with Gasteiger partial charge in [-0.25, -0.2) is 0 Å². The molecule has 6 heteroatoms. The predicted molar refractivity (Wildman–Crippen MR) is 64.2 cm³/mol. The van der Waals surface area contributed by atoms with Gasteiger partial charge in [-0.05, 0) is 0 Å². The molecule has 0 saturated heterocycles. The Hall–Kier alpha value is -1.50. The first-order valence-corrected chi connectivity index (χ1v) is 5.66. The standard InChI is InChI=1S/C12H18O6/c13-1-4-16-10-7-11(17-5-2-14)9-12(8-10)18-6-3-15/h7-9,13-15H,1-6H2. The van der Waals surface area contributed by atoms with E-state index in [1.165, 1.54) is 0 Å². The van der Waals surface area contributed by atoms with E-state index in [2.05, 4.69) is 0 Å². The molecule has 0 radical (unpaired) electrons. The van der Waals surface area contributed by atoms with E-state index in [1.807, 2.05) is 0 Å². The number of hydrogen-bond donors (Lipinski definition) is 3. The van der Waals surface area contributed by atoms with Crippen LogP contribution in [0.15, 0.2) is 18.2 Å². The highest BCUT2D eigenvalue weighted by molar-refractivity contribution is 5.42. The van der Waals surface area contributed by atoms with Gasteiger partial charge in [-0.2, -0.15) is 0 Å². The second kappa shape index (κ2) is 8.57. The van der Waals surface area contributed by atoms with Crippen molar-refractivity contribution in [2.24, 2.45) is 0 Å². The second-order valence-corrected chi connectivity index (χ2v) is 3.36. The SMILES string of the molecule is OCCOc1cc(OCCO)cc(OCCO)c1. The Kier molecular flexibility index (Phi) is 6.93. The van der Waals surface area contributed by atoms with Gasteiger partial charge in [0.1, 0.15) is 37.1 Å². The van der Waals surface area contributed by atoms with Crippen LogP contribution in [0.3, 0.4) is 0 Å². The average Bonchev–Trinajstić information content (AvgIpc) is 2.40. The van der Waals surface area contributed by atoms with Crippen LogP contribution in [-0.2, 0) is 0 Å². The molecule has 0 spiro atoms. The highest BCUT2D eigenvalue weighted by Crippen LogP contribution is 2.27. The van der Waals surface area contributed by atoms with Crippen molar-refractivity contribution in [3.63, 3.8) is 0 Å². The zero-order valence-electron chi connectivity index (χ0n) is 10.0. The summed E-state index contributed by atoms with van der Waals surface area (Å²) in [6.45, 7) is 0.242. The number of ether oxygens (including phenoxy) is 3. The van der Waals surface area contributed by atoms with Crippen molar-refractivity contribution in [3.05, 3.63) is 18.2 Å². The van der Waals surface area contributed by atoms with Gasteiger partial charge in [0.15, 0.2) is 0 Å². The van der Waals surface area contributed by atoms with Crippen LogP contribution in [0.5, 0.6) is 17.2 Å². The van der Waals surface area contributed by atoms with Crippen LogP contribution in [0.25, 0.3) is 0 Å². The lowest BCUT2D eigenvalue weighted by Crippen LogP contribution is -2.06. The highest BCUT2D eigenvalue weighted by Gasteiger charge is 2.04. The van der Waals surface area contributed by atoms with Crippen LogP contribution < -0.4 is 14.2 Å². The van der Waals surface area contributed by atoms with Crippen LogP contribution in [0.2, 0.25) is 0 Å². The molecule has 6 nitrogen and oxygen atoms in total. The highest BCUT2D eigenvalue weighted by atomic mass is 16.5. The Balaban J connectivity index is 2.74. The van der Waals surface area contributed by atoms with Crippen LogP contribution in [-0.4, -0.2) is 55.0 Å². The molecule has 0 aliphatic carbocycles. The number of aliphatic hydroxyl groups is 3. The first kappa shape index (κ1) is 14.6. The summed E-state index contributed by atoms with van der Waals surface area (Å²) in [5, 5.41) is 26.1. The molecule has 0 aliphatic heterocycles. The molecule has 18 heavy (non-hydrogen) atoms. The van der Waals surface area contributed by atoms with E-state index in [4.69, 9.17) is 29.5 Å². The lowest BCUT2D eigenvalue weighted by molar-refractivity contribution is 0.188. The Morgan fingerprint density at radius 3 is 1.11 bits per heavy atom. The average molecular weight is 258 g/mol. The topological polar surface area (TPSA) is 88.4 Å². The van der Waals surface area contributed by atoms with Gasteiger partial charge in [-0.3, -0.25) is 0 Å². The van der Waals surface area contributed by atoms with Crippen molar-refractivity contribution in [3.8, 4) is 17.2 Å². The van der Waals surface area contributed by atoms with E-state index in [0.717, 1.165) is 0 Å². The third-order valence-corrected chi connectivity index (χ3v) is 1.93. The minimum atomic E-state index is -0.0887. The fourth-order valence-electron chi connectivity index (χ4n) is 1.29. The summed E-state index contributed by atoms with van der Waals surface area (Å²) in [7, 11) is 0. The largest absolute Gasteiger partial charge is 0.491 e. The Morgan fingerprint density at radius 1 is 0.611 bits per heavy atom. The number of rotatable bonds is 9. The summed E-state index contributed by atoms with van der Waals surface area (Å²) in [4.78, 5) is 0. The van der Waals surface area contributed by atoms with E-state index in [1.54, 1.807) is 18.2 Å². The summed E-state index contributed by atoms with van der Waals surface area (Å²) in [5.74, 6) is 1.48. The molecule has 0 bridgehead atoms. The minimum absolute atomic E-state index is 0.0887. The monoisotopic (exact) mass is 258 g/mol. The third kappa shape index (κ3) is 5.22. The van der Waals surface area contributed by atoms with E-state index in [9.17, 15) is 0 Å². The molecule has 0 atom stereocenters. The van der Waals surface area contributed by atoms with Gasteiger partial charge in [-0.1, -0.05) is 0 Å². The fraction of sp³-hybridized carbons (Fsp3) is 0.500. The smallest absolute Gasteiger partial charge is 0.126 e. The fourth-order valence-corrected chi connectivity index (χ4v) is 1.29. The van der Waals surface area contributed by atoms with Crippen molar-refractivity contribution in [1.82, 2.24) is 0 Å². The van der Waals surface area contributed by atoms with E-state index < -0.39 is 0 Å².